The standard InChI is InChI=1S/C16H20N2O2/c1-12(18-11-13-6-8-17-9-7-13)14-4-5-15(19-2)16(10-14)20-3/h4-10,12,18H,11H2,1-3H3. The van der Waals surface area contributed by atoms with Gasteiger partial charge in [0, 0.05) is 25.0 Å². The van der Waals surface area contributed by atoms with Crippen molar-refractivity contribution >= 4 is 0 Å². The molecule has 0 saturated heterocycles. The fraction of sp³-hybridized carbons (Fsp3) is 0.312. The summed E-state index contributed by atoms with van der Waals surface area (Å²) in [5.74, 6) is 1.50. The molecule has 4 heteroatoms. The van der Waals surface area contributed by atoms with Gasteiger partial charge in [-0.05, 0) is 42.3 Å². The van der Waals surface area contributed by atoms with E-state index in [9.17, 15) is 0 Å². The molecule has 106 valence electrons. The molecule has 0 amide bonds. The largest absolute Gasteiger partial charge is 0.493 e. The Labute approximate surface area is 119 Å². The first-order chi connectivity index (χ1) is 9.74. The van der Waals surface area contributed by atoms with E-state index in [1.165, 1.54) is 5.56 Å². The lowest BCUT2D eigenvalue weighted by Crippen LogP contribution is -2.18. The second kappa shape index (κ2) is 6.91. The molecule has 0 bridgehead atoms. The fourth-order valence-corrected chi connectivity index (χ4v) is 2.01. The zero-order valence-electron chi connectivity index (χ0n) is 12.1. The van der Waals surface area contributed by atoms with Gasteiger partial charge >= 0.3 is 0 Å². The lowest BCUT2D eigenvalue weighted by atomic mass is 10.1. The van der Waals surface area contributed by atoms with E-state index in [2.05, 4.69) is 17.2 Å². The van der Waals surface area contributed by atoms with Crippen LogP contribution in [0.4, 0.5) is 0 Å². The summed E-state index contributed by atoms with van der Waals surface area (Å²) in [7, 11) is 3.29. The number of aromatic nitrogens is 1. The normalized spacial score (nSPS) is 11.9. The molecule has 2 aromatic rings. The third kappa shape index (κ3) is 3.48. The van der Waals surface area contributed by atoms with Crippen molar-refractivity contribution in [3.8, 4) is 11.5 Å². The number of hydrogen-bond donors (Lipinski definition) is 1. The molecule has 1 aromatic carbocycles. The molecule has 0 radical (unpaired) electrons. The Morgan fingerprint density at radius 2 is 1.75 bits per heavy atom. The summed E-state index contributed by atoms with van der Waals surface area (Å²) >= 11 is 0. The molecule has 2 rings (SSSR count). The maximum Gasteiger partial charge on any atom is 0.161 e. The molecule has 1 atom stereocenters. The number of pyridine rings is 1. The molecule has 1 unspecified atom stereocenters. The first-order valence-corrected chi connectivity index (χ1v) is 6.59. The van der Waals surface area contributed by atoms with Gasteiger partial charge in [0.15, 0.2) is 11.5 Å². The second-order valence-corrected chi connectivity index (χ2v) is 4.57. The van der Waals surface area contributed by atoms with Crippen LogP contribution in [0.1, 0.15) is 24.1 Å². The van der Waals surface area contributed by atoms with E-state index < -0.39 is 0 Å². The quantitative estimate of drug-likeness (QED) is 0.878. The van der Waals surface area contributed by atoms with Crippen LogP contribution in [0.5, 0.6) is 11.5 Å². The van der Waals surface area contributed by atoms with E-state index in [1.54, 1.807) is 26.6 Å². The Bertz CT molecular complexity index is 543. The minimum absolute atomic E-state index is 0.225. The molecule has 0 aliphatic heterocycles. The molecule has 0 spiro atoms. The van der Waals surface area contributed by atoms with Crippen molar-refractivity contribution in [2.75, 3.05) is 14.2 Å². The van der Waals surface area contributed by atoms with Gasteiger partial charge in [-0.2, -0.15) is 0 Å². The summed E-state index contributed by atoms with van der Waals surface area (Å²) in [5.41, 5.74) is 2.38. The Balaban J connectivity index is 2.03. The molecular weight excluding hydrogens is 252 g/mol. The van der Waals surface area contributed by atoms with Crippen LogP contribution in [0, 0.1) is 0 Å². The van der Waals surface area contributed by atoms with Crippen LogP contribution in [0.15, 0.2) is 42.7 Å². The van der Waals surface area contributed by atoms with Crippen molar-refractivity contribution in [1.82, 2.24) is 10.3 Å². The summed E-state index contributed by atoms with van der Waals surface area (Å²) in [5, 5.41) is 3.48. The van der Waals surface area contributed by atoms with E-state index in [0.717, 1.165) is 23.6 Å². The maximum atomic E-state index is 5.33. The molecule has 0 aliphatic rings. The third-order valence-electron chi connectivity index (χ3n) is 3.27. The molecule has 1 N–H and O–H groups in total. The van der Waals surface area contributed by atoms with Crippen LogP contribution in [0.3, 0.4) is 0 Å². The number of ether oxygens (including phenoxy) is 2. The van der Waals surface area contributed by atoms with E-state index in [0.29, 0.717) is 0 Å². The van der Waals surface area contributed by atoms with Crippen molar-refractivity contribution in [2.45, 2.75) is 19.5 Å². The number of nitrogens with one attached hydrogen (secondary N) is 1. The van der Waals surface area contributed by atoms with Crippen LogP contribution < -0.4 is 14.8 Å². The van der Waals surface area contributed by atoms with Crippen LogP contribution in [-0.4, -0.2) is 19.2 Å². The van der Waals surface area contributed by atoms with Crippen molar-refractivity contribution in [2.24, 2.45) is 0 Å². The summed E-state index contributed by atoms with van der Waals surface area (Å²) in [6, 6.07) is 10.2. The van der Waals surface area contributed by atoms with Crippen molar-refractivity contribution in [3.05, 3.63) is 53.9 Å². The second-order valence-electron chi connectivity index (χ2n) is 4.57. The molecule has 1 heterocycles. The maximum absolute atomic E-state index is 5.33. The average molecular weight is 272 g/mol. The lowest BCUT2D eigenvalue weighted by Gasteiger charge is -2.16. The molecule has 0 saturated carbocycles. The van der Waals surface area contributed by atoms with Gasteiger partial charge < -0.3 is 14.8 Å². The van der Waals surface area contributed by atoms with Crippen LogP contribution in [-0.2, 0) is 6.54 Å². The zero-order valence-corrected chi connectivity index (χ0v) is 12.1. The van der Waals surface area contributed by atoms with Gasteiger partial charge in [0.1, 0.15) is 0 Å². The highest BCUT2D eigenvalue weighted by atomic mass is 16.5. The summed E-state index contributed by atoms with van der Waals surface area (Å²) in [6.45, 7) is 2.93. The molecule has 0 fully saturated rings. The van der Waals surface area contributed by atoms with Crippen LogP contribution in [0.2, 0.25) is 0 Å². The topological polar surface area (TPSA) is 43.4 Å². The fourth-order valence-electron chi connectivity index (χ4n) is 2.01. The molecule has 4 nitrogen and oxygen atoms in total. The monoisotopic (exact) mass is 272 g/mol. The van der Waals surface area contributed by atoms with Crippen LogP contribution >= 0.6 is 0 Å². The zero-order chi connectivity index (χ0) is 14.4. The number of nitrogens with zero attached hydrogens (tertiary/aromatic N) is 1. The van der Waals surface area contributed by atoms with Gasteiger partial charge in [-0.15, -0.1) is 0 Å². The third-order valence-corrected chi connectivity index (χ3v) is 3.27. The van der Waals surface area contributed by atoms with Gasteiger partial charge in [-0.1, -0.05) is 6.07 Å². The molecule has 0 aliphatic carbocycles. The lowest BCUT2D eigenvalue weighted by molar-refractivity contribution is 0.354. The van der Waals surface area contributed by atoms with Gasteiger partial charge in [0.2, 0.25) is 0 Å². The highest BCUT2D eigenvalue weighted by Gasteiger charge is 2.09. The number of rotatable bonds is 6. The summed E-state index contributed by atoms with van der Waals surface area (Å²) in [4.78, 5) is 4.01. The molecule has 20 heavy (non-hydrogen) atoms. The Kier molecular flexibility index (Phi) is 4.96. The van der Waals surface area contributed by atoms with Crippen LogP contribution in [0.25, 0.3) is 0 Å². The predicted molar refractivity (Wildman–Crippen MR) is 79.0 cm³/mol. The number of benzene rings is 1. The van der Waals surface area contributed by atoms with Gasteiger partial charge in [-0.25, -0.2) is 0 Å². The van der Waals surface area contributed by atoms with E-state index >= 15 is 0 Å². The van der Waals surface area contributed by atoms with Gasteiger partial charge in [0.05, 0.1) is 14.2 Å². The smallest absolute Gasteiger partial charge is 0.161 e. The minimum Gasteiger partial charge on any atom is -0.493 e. The minimum atomic E-state index is 0.225. The number of methoxy groups -OCH3 is 2. The summed E-state index contributed by atoms with van der Waals surface area (Å²) < 4.78 is 10.6. The molecular formula is C16H20N2O2. The highest BCUT2D eigenvalue weighted by molar-refractivity contribution is 5.43. The Hall–Kier alpha value is -2.07. The average Bonchev–Trinajstić information content (AvgIpc) is 2.52. The van der Waals surface area contributed by atoms with E-state index in [-0.39, 0.29) is 6.04 Å². The van der Waals surface area contributed by atoms with E-state index in [4.69, 9.17) is 9.47 Å². The van der Waals surface area contributed by atoms with E-state index in [1.807, 2.05) is 30.3 Å². The predicted octanol–water partition coefficient (Wildman–Crippen LogP) is 2.95. The number of hydrogen-bond acceptors (Lipinski definition) is 4. The SMILES string of the molecule is COc1ccc(C(C)NCc2ccncc2)cc1OC. The van der Waals surface area contributed by atoms with Gasteiger partial charge in [-0.3, -0.25) is 4.98 Å². The van der Waals surface area contributed by atoms with Crippen molar-refractivity contribution in [3.63, 3.8) is 0 Å². The van der Waals surface area contributed by atoms with Crippen molar-refractivity contribution in [1.29, 1.82) is 0 Å². The highest BCUT2D eigenvalue weighted by Crippen LogP contribution is 2.29. The molecule has 1 aromatic heterocycles. The Morgan fingerprint density at radius 1 is 1.05 bits per heavy atom. The Morgan fingerprint density at radius 3 is 2.40 bits per heavy atom. The first kappa shape index (κ1) is 14.3. The van der Waals surface area contributed by atoms with Crippen molar-refractivity contribution < 1.29 is 9.47 Å². The first-order valence-electron chi connectivity index (χ1n) is 6.59. The summed E-state index contributed by atoms with van der Waals surface area (Å²) in [6.07, 6.45) is 3.61. The van der Waals surface area contributed by atoms with Gasteiger partial charge in [0.25, 0.3) is 0 Å².